The maximum absolute atomic E-state index is 5.10. The van der Waals surface area contributed by atoms with Crippen molar-refractivity contribution in [2.45, 2.75) is 10.1 Å². The van der Waals surface area contributed by atoms with E-state index >= 15 is 0 Å². The number of aromatic nitrogens is 4. The first-order chi connectivity index (χ1) is 6.90. The third-order valence-electron chi connectivity index (χ3n) is 1.53. The van der Waals surface area contributed by atoms with E-state index in [1.54, 1.807) is 13.3 Å². The maximum Gasteiger partial charge on any atom is 0.227 e. The van der Waals surface area contributed by atoms with Gasteiger partial charge in [0.2, 0.25) is 5.88 Å². The van der Waals surface area contributed by atoms with Gasteiger partial charge in [0, 0.05) is 6.20 Å². The van der Waals surface area contributed by atoms with Gasteiger partial charge in [-0.25, -0.2) is 9.97 Å². The normalized spacial score (nSPS) is 10.1. The third kappa shape index (κ3) is 1.85. The van der Waals surface area contributed by atoms with Crippen molar-refractivity contribution in [3.63, 3.8) is 0 Å². The summed E-state index contributed by atoms with van der Waals surface area (Å²) in [6.45, 7) is 0. The number of nitrogens with zero attached hydrogens (tertiary/aromatic N) is 3. The molecule has 0 aliphatic heterocycles. The summed E-state index contributed by atoms with van der Waals surface area (Å²) in [5, 5.41) is 7.23. The number of nitrogens with one attached hydrogen (secondary N) is 1. The zero-order chi connectivity index (χ0) is 9.80. The predicted molar refractivity (Wildman–Crippen MR) is 51.3 cm³/mol. The molecule has 5 nitrogen and oxygen atoms in total. The Bertz CT molecular complexity index is 403. The van der Waals surface area contributed by atoms with Crippen LogP contribution in [0.2, 0.25) is 0 Å². The van der Waals surface area contributed by atoms with E-state index in [1.165, 1.54) is 18.1 Å². The van der Waals surface area contributed by atoms with Gasteiger partial charge in [0.05, 0.1) is 12.0 Å². The summed E-state index contributed by atoms with van der Waals surface area (Å²) in [5.74, 6) is 0.592. The second kappa shape index (κ2) is 4.10. The van der Waals surface area contributed by atoms with Crippen molar-refractivity contribution in [2.24, 2.45) is 0 Å². The molecule has 0 atom stereocenters. The lowest BCUT2D eigenvalue weighted by Gasteiger charge is -2.03. The Hall–Kier alpha value is -1.56. The SMILES string of the molecule is COc1ncccc1Sc1ncn[nH]1. The average molecular weight is 208 g/mol. The summed E-state index contributed by atoms with van der Waals surface area (Å²) in [4.78, 5) is 8.98. The second-order valence-corrected chi connectivity index (χ2v) is 3.43. The molecule has 0 aliphatic rings. The van der Waals surface area contributed by atoms with Crippen LogP contribution in [0.4, 0.5) is 0 Å². The number of hydrogen-bond acceptors (Lipinski definition) is 5. The first-order valence-electron chi connectivity index (χ1n) is 3.92. The molecule has 14 heavy (non-hydrogen) atoms. The number of pyridine rings is 1. The van der Waals surface area contributed by atoms with Crippen LogP contribution in [0.25, 0.3) is 0 Å². The molecule has 0 amide bonds. The molecule has 2 aromatic heterocycles. The number of hydrogen-bond donors (Lipinski definition) is 1. The molecule has 72 valence electrons. The van der Waals surface area contributed by atoms with Gasteiger partial charge in [-0.1, -0.05) is 0 Å². The van der Waals surface area contributed by atoms with Gasteiger partial charge in [0.25, 0.3) is 0 Å². The zero-order valence-corrected chi connectivity index (χ0v) is 8.28. The van der Waals surface area contributed by atoms with E-state index in [9.17, 15) is 0 Å². The lowest BCUT2D eigenvalue weighted by molar-refractivity contribution is 0.387. The number of ether oxygens (including phenoxy) is 1. The summed E-state index contributed by atoms with van der Waals surface area (Å²) in [6, 6.07) is 3.76. The van der Waals surface area contributed by atoms with Gasteiger partial charge in [-0.2, -0.15) is 5.10 Å². The van der Waals surface area contributed by atoms with E-state index < -0.39 is 0 Å². The van der Waals surface area contributed by atoms with Crippen LogP contribution < -0.4 is 4.74 Å². The first kappa shape index (κ1) is 9.01. The highest BCUT2D eigenvalue weighted by atomic mass is 32.2. The van der Waals surface area contributed by atoms with Crippen molar-refractivity contribution in [3.8, 4) is 5.88 Å². The van der Waals surface area contributed by atoms with Crippen LogP contribution in [0.3, 0.4) is 0 Å². The topological polar surface area (TPSA) is 63.7 Å². The Morgan fingerprint density at radius 2 is 2.36 bits per heavy atom. The predicted octanol–water partition coefficient (Wildman–Crippen LogP) is 1.36. The largest absolute Gasteiger partial charge is 0.480 e. The van der Waals surface area contributed by atoms with Gasteiger partial charge >= 0.3 is 0 Å². The van der Waals surface area contributed by atoms with Gasteiger partial charge in [-0.05, 0) is 23.9 Å². The van der Waals surface area contributed by atoms with Gasteiger partial charge in [-0.15, -0.1) is 0 Å². The van der Waals surface area contributed by atoms with Gasteiger partial charge in [0.15, 0.2) is 5.16 Å². The lowest BCUT2D eigenvalue weighted by atomic mass is 10.5. The summed E-state index contributed by atoms with van der Waals surface area (Å²) in [5.41, 5.74) is 0. The molecular formula is C8H8N4OS. The minimum absolute atomic E-state index is 0.592. The average Bonchev–Trinajstić information content (AvgIpc) is 2.71. The maximum atomic E-state index is 5.10. The van der Waals surface area contributed by atoms with Gasteiger partial charge < -0.3 is 4.74 Å². The first-order valence-corrected chi connectivity index (χ1v) is 4.74. The quantitative estimate of drug-likeness (QED) is 0.825. The van der Waals surface area contributed by atoms with Crippen molar-refractivity contribution in [1.82, 2.24) is 20.2 Å². The molecule has 0 bridgehead atoms. The summed E-state index contributed by atoms with van der Waals surface area (Å²) in [7, 11) is 1.59. The fraction of sp³-hybridized carbons (Fsp3) is 0.125. The molecule has 2 heterocycles. The molecule has 0 radical (unpaired) electrons. The number of rotatable bonds is 3. The zero-order valence-electron chi connectivity index (χ0n) is 7.47. The molecule has 2 aromatic rings. The van der Waals surface area contributed by atoms with Crippen molar-refractivity contribution >= 4 is 11.8 Å². The number of H-pyrrole nitrogens is 1. The highest BCUT2D eigenvalue weighted by Crippen LogP contribution is 2.30. The van der Waals surface area contributed by atoms with Crippen LogP contribution in [0, 0.1) is 0 Å². The van der Waals surface area contributed by atoms with E-state index in [0.29, 0.717) is 5.88 Å². The molecule has 0 aliphatic carbocycles. The van der Waals surface area contributed by atoms with Crippen LogP contribution in [-0.4, -0.2) is 27.3 Å². The lowest BCUT2D eigenvalue weighted by Crippen LogP contribution is -1.89. The van der Waals surface area contributed by atoms with Gasteiger partial charge in [0.1, 0.15) is 6.33 Å². The third-order valence-corrected chi connectivity index (χ3v) is 2.45. The van der Waals surface area contributed by atoms with Crippen LogP contribution in [0.15, 0.2) is 34.7 Å². The summed E-state index contributed by atoms with van der Waals surface area (Å²) in [6.07, 6.45) is 3.15. The minimum atomic E-state index is 0.592. The van der Waals surface area contributed by atoms with Crippen molar-refractivity contribution in [1.29, 1.82) is 0 Å². The van der Waals surface area contributed by atoms with Crippen molar-refractivity contribution < 1.29 is 4.74 Å². The van der Waals surface area contributed by atoms with Crippen LogP contribution in [-0.2, 0) is 0 Å². The molecule has 6 heteroatoms. The van der Waals surface area contributed by atoms with E-state index in [1.807, 2.05) is 12.1 Å². The Kier molecular flexibility index (Phi) is 2.64. The van der Waals surface area contributed by atoms with E-state index in [-0.39, 0.29) is 0 Å². The van der Waals surface area contributed by atoms with E-state index in [2.05, 4.69) is 20.2 Å². The molecule has 0 saturated carbocycles. The highest BCUT2D eigenvalue weighted by molar-refractivity contribution is 7.99. The standard InChI is InChI=1S/C8H8N4OS/c1-13-7-6(3-2-4-9-7)14-8-10-5-11-12-8/h2-5H,1H3,(H,10,11,12). The monoisotopic (exact) mass is 208 g/mol. The fourth-order valence-electron chi connectivity index (χ4n) is 0.955. The minimum Gasteiger partial charge on any atom is -0.480 e. The van der Waals surface area contributed by atoms with Crippen LogP contribution in [0.5, 0.6) is 5.88 Å². The number of aromatic amines is 1. The number of methoxy groups -OCH3 is 1. The molecular weight excluding hydrogens is 200 g/mol. The molecule has 1 N–H and O–H groups in total. The Morgan fingerprint density at radius 3 is 3.07 bits per heavy atom. The van der Waals surface area contributed by atoms with Crippen molar-refractivity contribution in [2.75, 3.05) is 7.11 Å². The van der Waals surface area contributed by atoms with Gasteiger partial charge in [-0.3, -0.25) is 5.10 Å². The van der Waals surface area contributed by atoms with Crippen molar-refractivity contribution in [3.05, 3.63) is 24.7 Å². The molecule has 0 unspecified atom stereocenters. The van der Waals surface area contributed by atoms with Crippen LogP contribution >= 0.6 is 11.8 Å². The van der Waals surface area contributed by atoms with Crippen LogP contribution in [0.1, 0.15) is 0 Å². The molecule has 2 rings (SSSR count). The Morgan fingerprint density at radius 1 is 1.43 bits per heavy atom. The fourth-order valence-corrected chi connectivity index (χ4v) is 1.73. The molecule has 0 fully saturated rings. The highest BCUT2D eigenvalue weighted by Gasteiger charge is 2.06. The summed E-state index contributed by atoms with van der Waals surface area (Å²) < 4.78 is 5.10. The van der Waals surface area contributed by atoms with E-state index in [4.69, 9.17) is 4.74 Å². The van der Waals surface area contributed by atoms with E-state index in [0.717, 1.165) is 10.1 Å². The molecule has 0 aromatic carbocycles. The Balaban J connectivity index is 2.24. The smallest absolute Gasteiger partial charge is 0.227 e. The molecule has 0 spiro atoms. The second-order valence-electron chi connectivity index (χ2n) is 2.40. The Labute approximate surface area is 84.9 Å². The summed E-state index contributed by atoms with van der Waals surface area (Å²) >= 11 is 1.43. The molecule has 0 saturated heterocycles.